The molecule has 3 rings (SSSR count). The van der Waals surface area contributed by atoms with Gasteiger partial charge in [-0.25, -0.2) is 4.70 Å². The van der Waals surface area contributed by atoms with Crippen LogP contribution in [-0.2, 0) is 40.1 Å². The Labute approximate surface area is 347 Å². The third-order valence-corrected chi connectivity index (χ3v) is 11.2. The van der Waals surface area contributed by atoms with Gasteiger partial charge in [0.15, 0.2) is 0 Å². The maximum absolute atomic E-state index is 12.4. The first-order chi connectivity index (χ1) is 26.9. The van der Waals surface area contributed by atoms with Crippen molar-refractivity contribution in [3.63, 3.8) is 0 Å². The van der Waals surface area contributed by atoms with Crippen molar-refractivity contribution in [1.82, 2.24) is 0 Å². The second-order valence-corrected chi connectivity index (χ2v) is 17.1. The first-order valence-electron chi connectivity index (χ1n) is 23.0. The summed E-state index contributed by atoms with van der Waals surface area (Å²) in [5.41, 5.74) is 24.7. The molecule has 0 radical (unpaired) electrons. The number of benzene rings is 2. The van der Waals surface area contributed by atoms with Gasteiger partial charge in [-0.15, -0.1) is 0 Å². The summed E-state index contributed by atoms with van der Waals surface area (Å²) in [4.78, 5) is 0. The molecule has 1 aliphatic rings. The van der Waals surface area contributed by atoms with E-state index in [2.05, 4.69) is 102 Å². The molecule has 0 saturated carbocycles. The Morgan fingerprint density at radius 3 is 1.31 bits per heavy atom. The molecule has 0 bridgehead atoms. The van der Waals surface area contributed by atoms with Gasteiger partial charge in [-0.2, -0.15) is 0 Å². The molecule has 0 fully saturated rings. The van der Waals surface area contributed by atoms with E-state index in [1.165, 1.54) is 155 Å². The van der Waals surface area contributed by atoms with Gasteiger partial charge >= 0.3 is 26.2 Å². The van der Waals surface area contributed by atoms with Gasteiger partial charge in [0.25, 0.3) is 0 Å². The van der Waals surface area contributed by atoms with E-state index in [0.717, 1.165) is 68.3 Å². The molecule has 0 aliphatic carbocycles. The Hall–Kier alpha value is -2.25. The number of nitrogens with zero attached hydrogens (tertiary/aromatic N) is 2. The van der Waals surface area contributed by atoms with Crippen molar-refractivity contribution in [3.8, 4) is 0 Å². The third kappa shape index (κ3) is 18.3. The topological polar surface area (TPSA) is 25.3 Å². The zero-order valence-electron chi connectivity index (χ0n) is 37.2. The van der Waals surface area contributed by atoms with Gasteiger partial charge in [-0.3, -0.25) is 0 Å². The van der Waals surface area contributed by atoms with Gasteiger partial charge in [0.2, 0.25) is 11.4 Å². The number of hydrogen-bond donors (Lipinski definition) is 0. The molecule has 2 aromatic rings. The summed E-state index contributed by atoms with van der Waals surface area (Å²) in [6, 6.07) is 14.2. The molecule has 0 N–H and O–H groups in total. The molecular weight excluding hydrogens is 711 g/mol. The molecule has 1 aliphatic heterocycles. The fourth-order valence-corrected chi connectivity index (χ4v) is 7.90. The number of allylic oxidation sites excluding steroid dienone is 4. The minimum absolute atomic E-state index is 0.973. The summed E-state index contributed by atoms with van der Waals surface area (Å²) in [5, 5.41) is 0. The number of aryl methyl sites for hydroxylation is 4. The van der Waals surface area contributed by atoms with Crippen molar-refractivity contribution in [2.24, 2.45) is 0 Å². The minimum atomic E-state index is 0.973. The number of rotatable bonds is 29. The van der Waals surface area contributed by atoms with Crippen LogP contribution in [-0.4, -0.2) is 4.70 Å². The van der Waals surface area contributed by atoms with Gasteiger partial charge in [-0.05, 0) is 111 Å². The van der Waals surface area contributed by atoms with Gasteiger partial charge in [0, 0.05) is 16.7 Å². The Bertz CT molecular complexity index is 1390. The fraction of sp³-hybridized carbons (Fsp3) is 0.654. The number of hydrogen-bond acceptors (Lipinski definition) is 0. The first-order valence-corrected chi connectivity index (χ1v) is 25.0. The van der Waals surface area contributed by atoms with E-state index in [0.29, 0.717) is 0 Å². The van der Waals surface area contributed by atoms with Crippen molar-refractivity contribution in [2.75, 3.05) is 0 Å². The van der Waals surface area contributed by atoms with E-state index in [4.69, 9.17) is 0 Å². The third-order valence-electron chi connectivity index (χ3n) is 11.2. The molecule has 1 heterocycles. The van der Waals surface area contributed by atoms with E-state index in [1.54, 1.807) is 19.1 Å². The van der Waals surface area contributed by atoms with E-state index in [-0.39, 0.29) is 0 Å². The molecule has 2 nitrogen and oxygen atoms in total. The Morgan fingerprint density at radius 1 is 0.473 bits per heavy atom. The van der Waals surface area contributed by atoms with E-state index in [9.17, 15) is 5.53 Å². The molecule has 0 amide bonds. The van der Waals surface area contributed by atoms with Crippen molar-refractivity contribution in [2.45, 2.75) is 220 Å². The van der Waals surface area contributed by atoms with Gasteiger partial charge in [0.05, 0.1) is 5.57 Å². The van der Waals surface area contributed by atoms with Crippen LogP contribution >= 0.6 is 0 Å². The van der Waals surface area contributed by atoms with Gasteiger partial charge in [0.1, 0.15) is 0 Å². The summed E-state index contributed by atoms with van der Waals surface area (Å²) in [6.45, 7) is 13.6. The molecule has 2 aromatic carbocycles. The second-order valence-electron chi connectivity index (χ2n) is 16.1. The average molecular weight is 796 g/mol. The summed E-state index contributed by atoms with van der Waals surface area (Å²) >= 11 is 1.62. The molecule has 312 valence electrons. The standard InChI is InChI=1S/C50H78N2.2CH3.Ni/c1-7-13-17-18-19-20-21-22-23-24-25-26-27-28-29-30-34-48-47(33-16-10-4)49(45-37-41(11-5)35-42(12-6)38-45)52(51)50(48)46-39-43(31-14-8-2)36-44(40-46)32-15-9-3;;;/h30,34-40H,7-29,31-33H2,1-6H3;2*1H3;. The molecular formula is C52H84N2Ni. The summed E-state index contributed by atoms with van der Waals surface area (Å²) < 4.78 is 1.59. The number of unbranched alkanes of at least 4 members (excludes halogenated alkanes) is 17. The first kappa shape index (κ1) is 48.9. The van der Waals surface area contributed by atoms with Gasteiger partial charge < -0.3 is 5.53 Å². The van der Waals surface area contributed by atoms with Crippen molar-refractivity contribution >= 4 is 11.4 Å². The van der Waals surface area contributed by atoms with E-state index < -0.39 is 0 Å². The SMILES string of the molecule is CCCCCCCCCCCCCCCCC=CC1=C(c2cc(CCCC)cc(CCCC)c2)[N+](=[N-])C(c2cc(CC)cc(CC)c2)=C1CCCC.[CH3][Ni][CH3]. The van der Waals surface area contributed by atoms with Crippen LogP contribution in [0, 0.1) is 0 Å². The summed E-state index contributed by atoms with van der Waals surface area (Å²) in [5.74, 6) is 4.12. The molecule has 0 saturated heterocycles. The van der Waals surface area contributed by atoms with Gasteiger partial charge in [-0.1, -0.05) is 169 Å². The Kier molecular flexibility index (Phi) is 27.4. The molecule has 0 aromatic heterocycles. The molecule has 55 heavy (non-hydrogen) atoms. The monoisotopic (exact) mass is 795 g/mol. The molecule has 3 heteroatoms. The molecule has 0 unspecified atom stereocenters. The average Bonchev–Trinajstić information content (AvgIpc) is 3.48. The van der Waals surface area contributed by atoms with Crippen LogP contribution in [0.3, 0.4) is 0 Å². The predicted octanol–water partition coefficient (Wildman–Crippen LogP) is 17.4. The van der Waals surface area contributed by atoms with Crippen LogP contribution in [0.1, 0.15) is 216 Å². The Morgan fingerprint density at radius 2 is 0.855 bits per heavy atom. The molecule has 0 spiro atoms. The zero-order chi connectivity index (χ0) is 40.1. The summed E-state index contributed by atoms with van der Waals surface area (Å²) in [6.07, 6.45) is 37.5. The van der Waals surface area contributed by atoms with Crippen LogP contribution in [0.2, 0.25) is 11.8 Å². The molecule has 0 atom stereocenters. The van der Waals surface area contributed by atoms with Crippen molar-refractivity contribution < 1.29 is 19.1 Å². The zero-order valence-corrected chi connectivity index (χ0v) is 38.2. The normalized spacial score (nSPS) is 13.1. The van der Waals surface area contributed by atoms with E-state index >= 15 is 0 Å². The van der Waals surface area contributed by atoms with Crippen molar-refractivity contribution in [3.05, 3.63) is 98.6 Å². The van der Waals surface area contributed by atoms with Crippen LogP contribution < -0.4 is 0 Å². The predicted molar refractivity (Wildman–Crippen MR) is 242 cm³/mol. The quantitative estimate of drug-likeness (QED) is 0.0445. The summed E-state index contributed by atoms with van der Waals surface area (Å²) in [7, 11) is 0. The van der Waals surface area contributed by atoms with Crippen LogP contribution in [0.15, 0.2) is 59.7 Å². The van der Waals surface area contributed by atoms with Crippen LogP contribution in [0.25, 0.3) is 16.9 Å². The second kappa shape index (κ2) is 30.8. The Balaban J connectivity index is 0.00000337. The van der Waals surface area contributed by atoms with Crippen LogP contribution in [0.5, 0.6) is 0 Å². The fourth-order valence-electron chi connectivity index (χ4n) is 7.90. The van der Waals surface area contributed by atoms with Crippen molar-refractivity contribution in [1.29, 1.82) is 0 Å². The maximum atomic E-state index is 12.4. The van der Waals surface area contributed by atoms with Crippen LogP contribution in [0.4, 0.5) is 0 Å². The van der Waals surface area contributed by atoms with E-state index in [1.807, 2.05) is 0 Å².